The van der Waals surface area contributed by atoms with Crippen molar-refractivity contribution in [3.8, 4) is 0 Å². The molecule has 23 heavy (non-hydrogen) atoms. The largest absolute Gasteiger partial charge is 0.329 e. The van der Waals surface area contributed by atoms with Crippen molar-refractivity contribution in [1.29, 1.82) is 0 Å². The molecule has 0 bridgehead atoms. The highest BCUT2D eigenvalue weighted by molar-refractivity contribution is 7.99. The monoisotopic (exact) mass is 322 g/mol. The van der Waals surface area contributed by atoms with E-state index < -0.39 is 0 Å². The van der Waals surface area contributed by atoms with Crippen LogP contribution in [0.25, 0.3) is 0 Å². The summed E-state index contributed by atoms with van der Waals surface area (Å²) in [7, 11) is 0. The Bertz CT molecular complexity index is 875. The number of rotatable bonds is 4. The van der Waals surface area contributed by atoms with Gasteiger partial charge in [-0.15, -0.1) is 0 Å². The van der Waals surface area contributed by atoms with Gasteiger partial charge in [0.25, 0.3) is 5.91 Å². The summed E-state index contributed by atoms with van der Waals surface area (Å²) in [6, 6.07) is 20.4. The van der Waals surface area contributed by atoms with Crippen LogP contribution in [-0.2, 0) is 0 Å². The van der Waals surface area contributed by atoms with E-state index in [0.29, 0.717) is 11.3 Å². The highest BCUT2D eigenvalue weighted by Crippen LogP contribution is 2.33. The van der Waals surface area contributed by atoms with Gasteiger partial charge < -0.3 is 10.3 Å². The summed E-state index contributed by atoms with van der Waals surface area (Å²) in [5.41, 5.74) is 0.740. The number of benzene rings is 2. The van der Waals surface area contributed by atoms with Crippen LogP contribution in [0.5, 0.6) is 0 Å². The topological polar surface area (TPSA) is 62.0 Å². The van der Waals surface area contributed by atoms with Gasteiger partial charge in [0.2, 0.25) is 5.56 Å². The molecule has 3 aromatic rings. The molecule has 0 aliphatic heterocycles. The molecule has 0 fully saturated rings. The molecule has 1 heterocycles. The lowest BCUT2D eigenvalue weighted by molar-refractivity contribution is 0.102. The van der Waals surface area contributed by atoms with E-state index in [1.54, 1.807) is 17.8 Å². The summed E-state index contributed by atoms with van der Waals surface area (Å²) in [4.78, 5) is 28.1. The fraction of sp³-hybridized carbons (Fsp3) is 0. The summed E-state index contributed by atoms with van der Waals surface area (Å²) in [6.45, 7) is 0. The smallest absolute Gasteiger partial charge is 0.255 e. The lowest BCUT2D eigenvalue weighted by atomic mass is 10.2. The molecular weight excluding hydrogens is 308 g/mol. The van der Waals surface area contributed by atoms with Crippen molar-refractivity contribution in [3.63, 3.8) is 0 Å². The maximum atomic E-state index is 12.3. The molecule has 1 aromatic heterocycles. The van der Waals surface area contributed by atoms with E-state index in [2.05, 4.69) is 10.3 Å². The summed E-state index contributed by atoms with van der Waals surface area (Å²) in [6.07, 6.45) is 1.46. The van der Waals surface area contributed by atoms with E-state index in [1.165, 1.54) is 12.3 Å². The molecule has 0 atom stereocenters. The Kier molecular flexibility index (Phi) is 4.59. The van der Waals surface area contributed by atoms with Crippen LogP contribution in [0.1, 0.15) is 10.4 Å². The zero-order valence-electron chi connectivity index (χ0n) is 12.2. The van der Waals surface area contributed by atoms with Gasteiger partial charge >= 0.3 is 0 Å². The van der Waals surface area contributed by atoms with Gasteiger partial charge in [0.1, 0.15) is 0 Å². The van der Waals surface area contributed by atoms with E-state index in [1.807, 2.05) is 54.6 Å². The standard InChI is InChI=1S/C18H14N2O2S/c21-17-12-13(10-11-19-17)18(22)20-15-8-4-5-9-16(15)23-14-6-2-1-3-7-14/h1-12H,(H,19,21)(H,20,22). The van der Waals surface area contributed by atoms with Gasteiger partial charge in [0, 0.05) is 27.6 Å². The predicted octanol–water partition coefficient (Wildman–Crippen LogP) is 3.78. The summed E-state index contributed by atoms with van der Waals surface area (Å²) >= 11 is 1.57. The van der Waals surface area contributed by atoms with Crippen LogP contribution in [0.15, 0.2) is 87.5 Å². The number of aromatic nitrogens is 1. The molecule has 0 radical (unpaired) electrons. The minimum atomic E-state index is -0.308. The zero-order chi connectivity index (χ0) is 16.1. The van der Waals surface area contributed by atoms with Gasteiger partial charge in [-0.3, -0.25) is 9.59 Å². The van der Waals surface area contributed by atoms with E-state index >= 15 is 0 Å². The second-order valence-electron chi connectivity index (χ2n) is 4.81. The van der Waals surface area contributed by atoms with E-state index in [9.17, 15) is 9.59 Å². The first-order valence-electron chi connectivity index (χ1n) is 7.04. The van der Waals surface area contributed by atoms with E-state index in [-0.39, 0.29) is 11.5 Å². The van der Waals surface area contributed by atoms with E-state index in [4.69, 9.17) is 0 Å². The van der Waals surface area contributed by atoms with Gasteiger partial charge in [-0.2, -0.15) is 0 Å². The number of H-pyrrole nitrogens is 1. The van der Waals surface area contributed by atoms with Crippen LogP contribution >= 0.6 is 11.8 Å². The molecule has 1 amide bonds. The Morgan fingerprint density at radius 2 is 1.70 bits per heavy atom. The van der Waals surface area contributed by atoms with Gasteiger partial charge in [-0.1, -0.05) is 42.1 Å². The second-order valence-corrected chi connectivity index (χ2v) is 5.92. The molecule has 0 saturated heterocycles. The maximum absolute atomic E-state index is 12.3. The van der Waals surface area contributed by atoms with Crippen LogP contribution in [0, 0.1) is 0 Å². The summed E-state index contributed by atoms with van der Waals surface area (Å²) < 4.78 is 0. The number of aromatic amines is 1. The molecule has 114 valence electrons. The van der Waals surface area contributed by atoms with Gasteiger partial charge in [-0.25, -0.2) is 0 Å². The second kappa shape index (κ2) is 6.98. The van der Waals surface area contributed by atoms with Crippen molar-refractivity contribution in [1.82, 2.24) is 4.98 Å². The quantitative estimate of drug-likeness (QED) is 0.768. The van der Waals surface area contributed by atoms with Gasteiger partial charge in [-0.05, 0) is 30.3 Å². The van der Waals surface area contributed by atoms with Crippen LogP contribution in [0.4, 0.5) is 5.69 Å². The number of carbonyl (C=O) groups is 1. The highest BCUT2D eigenvalue weighted by atomic mass is 32.2. The summed E-state index contributed by atoms with van der Waals surface area (Å²) in [5.74, 6) is -0.308. The van der Waals surface area contributed by atoms with Crippen molar-refractivity contribution in [2.45, 2.75) is 9.79 Å². The average molecular weight is 322 g/mol. The normalized spacial score (nSPS) is 10.3. The molecule has 0 unspecified atom stereocenters. The van der Waals surface area contributed by atoms with Crippen LogP contribution in [0.3, 0.4) is 0 Å². The minimum Gasteiger partial charge on any atom is -0.329 e. The van der Waals surface area contributed by atoms with Crippen molar-refractivity contribution in [2.24, 2.45) is 0 Å². The first kappa shape index (κ1) is 15.1. The average Bonchev–Trinajstić information content (AvgIpc) is 2.57. The molecule has 2 N–H and O–H groups in total. The Balaban J connectivity index is 1.83. The van der Waals surface area contributed by atoms with Crippen molar-refractivity contribution < 1.29 is 4.79 Å². The van der Waals surface area contributed by atoms with Crippen LogP contribution in [0.2, 0.25) is 0 Å². The number of anilines is 1. The zero-order valence-corrected chi connectivity index (χ0v) is 13.0. The van der Waals surface area contributed by atoms with Gasteiger partial charge in [0.15, 0.2) is 0 Å². The van der Waals surface area contributed by atoms with E-state index in [0.717, 1.165) is 9.79 Å². The number of para-hydroxylation sites is 1. The Labute approximate surface area is 137 Å². The van der Waals surface area contributed by atoms with Crippen molar-refractivity contribution >= 4 is 23.4 Å². The third kappa shape index (κ3) is 3.90. The molecular formula is C18H14N2O2S. The Morgan fingerprint density at radius 1 is 0.957 bits per heavy atom. The molecule has 5 heteroatoms. The number of amides is 1. The molecule has 3 rings (SSSR count). The molecule has 0 aliphatic rings. The number of nitrogens with one attached hydrogen (secondary N) is 2. The van der Waals surface area contributed by atoms with Crippen LogP contribution in [-0.4, -0.2) is 10.9 Å². The molecule has 2 aromatic carbocycles. The minimum absolute atomic E-state index is 0.301. The Morgan fingerprint density at radius 3 is 2.48 bits per heavy atom. The lowest BCUT2D eigenvalue weighted by Gasteiger charge is -2.10. The highest BCUT2D eigenvalue weighted by Gasteiger charge is 2.10. The van der Waals surface area contributed by atoms with Crippen LogP contribution < -0.4 is 10.9 Å². The fourth-order valence-electron chi connectivity index (χ4n) is 2.05. The number of pyridine rings is 1. The third-order valence-electron chi connectivity index (χ3n) is 3.14. The fourth-order valence-corrected chi connectivity index (χ4v) is 2.98. The Hall–Kier alpha value is -2.79. The number of carbonyl (C=O) groups excluding carboxylic acids is 1. The molecule has 4 nitrogen and oxygen atoms in total. The predicted molar refractivity (Wildman–Crippen MR) is 92.0 cm³/mol. The van der Waals surface area contributed by atoms with Crippen molar-refractivity contribution in [3.05, 3.63) is 88.8 Å². The molecule has 0 saturated carbocycles. The first-order valence-corrected chi connectivity index (χ1v) is 7.86. The lowest BCUT2D eigenvalue weighted by Crippen LogP contribution is -2.15. The van der Waals surface area contributed by atoms with Gasteiger partial charge in [0.05, 0.1) is 5.69 Å². The molecule has 0 spiro atoms. The number of hydrogen-bond donors (Lipinski definition) is 2. The maximum Gasteiger partial charge on any atom is 0.255 e. The number of hydrogen-bond acceptors (Lipinski definition) is 3. The third-order valence-corrected chi connectivity index (χ3v) is 4.23. The SMILES string of the molecule is O=C(Nc1ccccc1Sc1ccccc1)c1cc[nH]c(=O)c1. The summed E-state index contributed by atoms with van der Waals surface area (Å²) in [5, 5.41) is 2.86. The first-order chi connectivity index (χ1) is 11.2. The van der Waals surface area contributed by atoms with Crippen molar-refractivity contribution in [2.75, 3.05) is 5.32 Å². The molecule has 0 aliphatic carbocycles.